The molecule has 2 heterocycles. The lowest BCUT2D eigenvalue weighted by Gasteiger charge is -2.08. The van der Waals surface area contributed by atoms with Crippen LogP contribution in [0.25, 0.3) is 5.82 Å². The fourth-order valence-electron chi connectivity index (χ4n) is 1.39. The van der Waals surface area contributed by atoms with Gasteiger partial charge in [-0.25, -0.2) is 14.8 Å². The molecule has 0 aliphatic carbocycles. The lowest BCUT2D eigenvalue weighted by Crippen LogP contribution is -2.08. The number of rotatable bonds is 3. The summed E-state index contributed by atoms with van der Waals surface area (Å²) in [6, 6.07) is 0. The SMILES string of the molecule is CC(C)c1nccnc1-n1cnc(C(=O)O)n1. The maximum Gasteiger partial charge on any atom is 0.375 e. The molecule has 0 saturated carbocycles. The van der Waals surface area contributed by atoms with Crippen LogP contribution in [0.2, 0.25) is 0 Å². The summed E-state index contributed by atoms with van der Waals surface area (Å²) in [4.78, 5) is 22.7. The van der Waals surface area contributed by atoms with E-state index >= 15 is 0 Å². The highest BCUT2D eigenvalue weighted by molar-refractivity contribution is 5.82. The number of carboxylic acid groups (broad SMARTS) is 1. The van der Waals surface area contributed by atoms with Gasteiger partial charge in [0.05, 0.1) is 5.69 Å². The third-order valence-corrected chi connectivity index (χ3v) is 2.15. The summed E-state index contributed by atoms with van der Waals surface area (Å²) >= 11 is 0. The van der Waals surface area contributed by atoms with Crippen molar-refractivity contribution in [1.82, 2.24) is 24.7 Å². The molecule has 0 radical (unpaired) electrons. The maximum atomic E-state index is 10.7. The molecule has 0 aromatic carbocycles. The Bertz CT molecular complexity index is 549. The topological polar surface area (TPSA) is 93.8 Å². The number of nitrogens with zero attached hydrogens (tertiary/aromatic N) is 5. The summed E-state index contributed by atoms with van der Waals surface area (Å²) in [5.41, 5.74) is 0.745. The molecule has 0 aliphatic rings. The molecule has 0 atom stereocenters. The Morgan fingerprint density at radius 3 is 2.59 bits per heavy atom. The van der Waals surface area contributed by atoms with E-state index in [1.165, 1.54) is 17.2 Å². The largest absolute Gasteiger partial charge is 0.475 e. The standard InChI is InChI=1S/C10H11N5O2/c1-6(2)7-9(12-4-3-11-7)15-5-13-8(14-15)10(16)17/h3-6H,1-2H3,(H,16,17). The van der Waals surface area contributed by atoms with Crippen LogP contribution < -0.4 is 0 Å². The first-order valence-electron chi connectivity index (χ1n) is 5.06. The van der Waals surface area contributed by atoms with Crippen LogP contribution in [0.4, 0.5) is 0 Å². The van der Waals surface area contributed by atoms with Gasteiger partial charge in [-0.1, -0.05) is 13.8 Å². The summed E-state index contributed by atoms with van der Waals surface area (Å²) in [5.74, 6) is -0.761. The average Bonchev–Trinajstić information content (AvgIpc) is 2.78. The zero-order chi connectivity index (χ0) is 12.4. The van der Waals surface area contributed by atoms with Crippen LogP contribution >= 0.6 is 0 Å². The molecule has 2 aromatic rings. The van der Waals surface area contributed by atoms with Gasteiger partial charge in [-0.15, -0.1) is 5.10 Å². The van der Waals surface area contributed by atoms with Gasteiger partial charge >= 0.3 is 5.97 Å². The Morgan fingerprint density at radius 1 is 1.29 bits per heavy atom. The van der Waals surface area contributed by atoms with Crippen LogP contribution in [-0.4, -0.2) is 35.8 Å². The zero-order valence-electron chi connectivity index (χ0n) is 9.40. The van der Waals surface area contributed by atoms with Gasteiger partial charge in [0.2, 0.25) is 0 Å². The molecule has 7 heteroatoms. The summed E-state index contributed by atoms with van der Waals surface area (Å²) in [6.45, 7) is 3.95. The minimum absolute atomic E-state index is 0.163. The predicted octanol–water partition coefficient (Wildman–Crippen LogP) is 0.879. The van der Waals surface area contributed by atoms with Crippen LogP contribution in [-0.2, 0) is 0 Å². The second kappa shape index (κ2) is 4.28. The first kappa shape index (κ1) is 11.2. The molecule has 0 unspecified atom stereocenters. The molecule has 7 nitrogen and oxygen atoms in total. The molecular formula is C10H11N5O2. The quantitative estimate of drug-likeness (QED) is 0.845. The number of hydrogen-bond donors (Lipinski definition) is 1. The van der Waals surface area contributed by atoms with E-state index in [1.54, 1.807) is 6.20 Å². The third-order valence-electron chi connectivity index (χ3n) is 2.15. The monoisotopic (exact) mass is 233 g/mol. The lowest BCUT2D eigenvalue weighted by atomic mass is 10.1. The van der Waals surface area contributed by atoms with Gasteiger partial charge in [0.15, 0.2) is 5.82 Å². The number of aromatic nitrogens is 5. The Labute approximate surface area is 97.2 Å². The summed E-state index contributed by atoms with van der Waals surface area (Å²) in [7, 11) is 0. The van der Waals surface area contributed by atoms with E-state index in [1.807, 2.05) is 13.8 Å². The highest BCUT2D eigenvalue weighted by Crippen LogP contribution is 2.17. The number of carbonyl (C=O) groups is 1. The van der Waals surface area contributed by atoms with Crippen molar-refractivity contribution >= 4 is 5.97 Å². The summed E-state index contributed by atoms with van der Waals surface area (Å²) < 4.78 is 1.33. The molecule has 0 aliphatic heterocycles. The van der Waals surface area contributed by atoms with Crippen molar-refractivity contribution in [1.29, 1.82) is 0 Å². The third kappa shape index (κ3) is 2.12. The van der Waals surface area contributed by atoms with Crippen molar-refractivity contribution in [3.63, 3.8) is 0 Å². The van der Waals surface area contributed by atoms with Crippen molar-refractivity contribution in [2.24, 2.45) is 0 Å². The van der Waals surface area contributed by atoms with Crippen LogP contribution in [0.3, 0.4) is 0 Å². The Hall–Kier alpha value is -2.31. The predicted molar refractivity (Wildman–Crippen MR) is 58.0 cm³/mol. The molecule has 0 saturated heterocycles. The van der Waals surface area contributed by atoms with Gasteiger partial charge in [0.25, 0.3) is 5.82 Å². The van der Waals surface area contributed by atoms with Gasteiger partial charge < -0.3 is 5.11 Å². The second-order valence-electron chi connectivity index (χ2n) is 3.74. The normalized spacial score (nSPS) is 10.8. The lowest BCUT2D eigenvalue weighted by molar-refractivity contribution is 0.0683. The second-order valence-corrected chi connectivity index (χ2v) is 3.74. The maximum absolute atomic E-state index is 10.7. The number of aromatic carboxylic acids is 1. The first-order valence-corrected chi connectivity index (χ1v) is 5.06. The minimum Gasteiger partial charge on any atom is -0.475 e. The molecule has 2 rings (SSSR count). The van der Waals surface area contributed by atoms with E-state index in [9.17, 15) is 4.79 Å². The Balaban J connectivity index is 2.48. The Kier molecular flexibility index (Phi) is 2.82. The Morgan fingerprint density at radius 2 is 2.00 bits per heavy atom. The van der Waals surface area contributed by atoms with Gasteiger partial charge in [-0.2, -0.15) is 4.68 Å². The van der Waals surface area contributed by atoms with Crippen molar-refractivity contribution in [3.8, 4) is 5.82 Å². The van der Waals surface area contributed by atoms with Crippen LogP contribution in [0.5, 0.6) is 0 Å². The first-order chi connectivity index (χ1) is 8.09. The van der Waals surface area contributed by atoms with Crippen LogP contribution in [0, 0.1) is 0 Å². The van der Waals surface area contributed by atoms with Crippen molar-refractivity contribution in [3.05, 3.63) is 30.2 Å². The van der Waals surface area contributed by atoms with Gasteiger partial charge in [-0.05, 0) is 5.92 Å². The smallest absolute Gasteiger partial charge is 0.375 e. The van der Waals surface area contributed by atoms with Crippen molar-refractivity contribution < 1.29 is 9.90 Å². The van der Waals surface area contributed by atoms with Gasteiger partial charge in [0, 0.05) is 12.4 Å². The van der Waals surface area contributed by atoms with E-state index in [0.29, 0.717) is 5.82 Å². The van der Waals surface area contributed by atoms with Gasteiger partial charge in [0.1, 0.15) is 6.33 Å². The molecule has 2 aromatic heterocycles. The summed E-state index contributed by atoms with van der Waals surface area (Å²) in [5, 5.41) is 12.6. The molecule has 0 fully saturated rings. The molecule has 88 valence electrons. The van der Waals surface area contributed by atoms with E-state index in [4.69, 9.17) is 5.11 Å². The molecule has 1 N–H and O–H groups in total. The molecule has 0 bridgehead atoms. The fourth-order valence-corrected chi connectivity index (χ4v) is 1.39. The zero-order valence-corrected chi connectivity index (χ0v) is 9.40. The van der Waals surface area contributed by atoms with Crippen molar-refractivity contribution in [2.75, 3.05) is 0 Å². The summed E-state index contributed by atoms with van der Waals surface area (Å²) in [6.07, 6.45) is 4.44. The molecule has 0 spiro atoms. The van der Waals surface area contributed by atoms with E-state index in [2.05, 4.69) is 20.1 Å². The minimum atomic E-state index is -1.17. The highest BCUT2D eigenvalue weighted by Gasteiger charge is 2.15. The highest BCUT2D eigenvalue weighted by atomic mass is 16.4. The molecule has 0 amide bonds. The number of hydrogen-bond acceptors (Lipinski definition) is 5. The average molecular weight is 233 g/mol. The van der Waals surface area contributed by atoms with E-state index < -0.39 is 5.97 Å². The molecular weight excluding hydrogens is 222 g/mol. The number of carboxylic acids is 1. The fraction of sp³-hybridized carbons (Fsp3) is 0.300. The van der Waals surface area contributed by atoms with E-state index in [0.717, 1.165) is 5.69 Å². The van der Waals surface area contributed by atoms with Crippen molar-refractivity contribution in [2.45, 2.75) is 19.8 Å². The van der Waals surface area contributed by atoms with E-state index in [-0.39, 0.29) is 11.7 Å². The van der Waals surface area contributed by atoms with Gasteiger partial charge in [-0.3, -0.25) is 4.98 Å². The van der Waals surface area contributed by atoms with Crippen LogP contribution in [0.1, 0.15) is 36.1 Å². The van der Waals surface area contributed by atoms with Crippen LogP contribution in [0.15, 0.2) is 18.7 Å². The molecule has 17 heavy (non-hydrogen) atoms.